The van der Waals surface area contributed by atoms with Gasteiger partial charge in [-0.1, -0.05) is 38.0 Å². The van der Waals surface area contributed by atoms with Crippen LogP contribution in [-0.2, 0) is 0 Å². The van der Waals surface area contributed by atoms with Crippen LogP contribution in [0.15, 0.2) is 24.3 Å². The van der Waals surface area contributed by atoms with Gasteiger partial charge in [0.25, 0.3) is 0 Å². The highest BCUT2D eigenvalue weighted by Gasteiger charge is 2.26. The second kappa shape index (κ2) is 6.19. The molecular formula is C15H22IN. The van der Waals surface area contributed by atoms with Crippen molar-refractivity contribution in [2.45, 2.75) is 38.6 Å². The minimum atomic E-state index is 0.538. The summed E-state index contributed by atoms with van der Waals surface area (Å²) in [6, 6.07) is 9.32. The molecule has 1 aromatic carbocycles. The molecule has 0 amide bonds. The molecule has 1 aromatic rings. The highest BCUT2D eigenvalue weighted by Crippen LogP contribution is 2.37. The molecule has 94 valence electrons. The highest BCUT2D eigenvalue weighted by atomic mass is 127. The maximum Gasteiger partial charge on any atom is 0.0356 e. The molecule has 1 nitrogen and oxygen atoms in total. The highest BCUT2D eigenvalue weighted by molar-refractivity contribution is 14.1. The molecule has 1 aliphatic carbocycles. The first-order valence-corrected chi connectivity index (χ1v) is 7.72. The Hall–Kier alpha value is -0.0900. The molecule has 2 rings (SSSR count). The van der Waals surface area contributed by atoms with Gasteiger partial charge < -0.3 is 5.32 Å². The molecule has 1 unspecified atom stereocenters. The Bertz CT molecular complexity index is 356. The number of benzene rings is 1. The molecule has 0 spiro atoms. The number of hydrogen-bond acceptors (Lipinski definition) is 1. The van der Waals surface area contributed by atoms with Crippen molar-refractivity contribution < 1.29 is 0 Å². The molecule has 1 aliphatic rings. The summed E-state index contributed by atoms with van der Waals surface area (Å²) in [5, 5.41) is 3.54. The van der Waals surface area contributed by atoms with E-state index in [0.717, 1.165) is 11.8 Å². The molecule has 0 saturated heterocycles. The van der Waals surface area contributed by atoms with Gasteiger partial charge in [0, 0.05) is 9.61 Å². The van der Waals surface area contributed by atoms with Crippen LogP contribution in [0, 0.1) is 15.4 Å². The summed E-state index contributed by atoms with van der Waals surface area (Å²) in [7, 11) is 2.10. The summed E-state index contributed by atoms with van der Waals surface area (Å²) in [6.45, 7) is 2.39. The lowest BCUT2D eigenvalue weighted by molar-refractivity contribution is 0.237. The molecule has 0 aliphatic heterocycles. The van der Waals surface area contributed by atoms with Crippen molar-refractivity contribution in [3.63, 3.8) is 0 Å². The van der Waals surface area contributed by atoms with E-state index in [0.29, 0.717) is 6.04 Å². The van der Waals surface area contributed by atoms with Gasteiger partial charge >= 0.3 is 0 Å². The third-order valence-electron chi connectivity index (χ3n) is 4.08. The van der Waals surface area contributed by atoms with Crippen LogP contribution < -0.4 is 5.32 Å². The molecule has 1 atom stereocenters. The van der Waals surface area contributed by atoms with E-state index in [2.05, 4.69) is 66.1 Å². The van der Waals surface area contributed by atoms with Crippen molar-refractivity contribution in [3.05, 3.63) is 33.4 Å². The third kappa shape index (κ3) is 3.22. The van der Waals surface area contributed by atoms with Gasteiger partial charge in [0.1, 0.15) is 0 Å². The van der Waals surface area contributed by atoms with Gasteiger partial charge in [-0.25, -0.2) is 0 Å². The largest absolute Gasteiger partial charge is 0.313 e. The molecule has 0 aromatic heterocycles. The topological polar surface area (TPSA) is 12.0 Å². The fourth-order valence-corrected chi connectivity index (χ4v) is 3.71. The molecule has 2 heteroatoms. The molecule has 0 radical (unpaired) electrons. The molecule has 0 heterocycles. The van der Waals surface area contributed by atoms with Gasteiger partial charge in [-0.05, 0) is 65.9 Å². The number of nitrogens with one attached hydrogen (secondary N) is 1. The molecular weight excluding hydrogens is 321 g/mol. The molecule has 1 fully saturated rings. The maximum absolute atomic E-state index is 3.54. The van der Waals surface area contributed by atoms with Crippen LogP contribution in [0.3, 0.4) is 0 Å². The zero-order valence-corrected chi connectivity index (χ0v) is 12.9. The molecule has 0 bridgehead atoms. The van der Waals surface area contributed by atoms with Gasteiger partial charge in [0.2, 0.25) is 0 Å². The van der Waals surface area contributed by atoms with Crippen molar-refractivity contribution in [2.24, 2.45) is 11.8 Å². The number of rotatable bonds is 3. The van der Waals surface area contributed by atoms with Crippen LogP contribution in [-0.4, -0.2) is 7.05 Å². The van der Waals surface area contributed by atoms with Crippen LogP contribution in [0.25, 0.3) is 0 Å². The van der Waals surface area contributed by atoms with Crippen LogP contribution >= 0.6 is 22.6 Å². The first kappa shape index (κ1) is 13.3. The number of hydrogen-bond donors (Lipinski definition) is 1. The first-order valence-electron chi connectivity index (χ1n) is 6.64. The second-order valence-corrected chi connectivity index (χ2v) is 6.47. The predicted molar refractivity (Wildman–Crippen MR) is 82.1 cm³/mol. The van der Waals surface area contributed by atoms with E-state index in [1.54, 1.807) is 0 Å². The number of halogens is 1. The Morgan fingerprint density at radius 2 is 1.82 bits per heavy atom. The minimum absolute atomic E-state index is 0.538. The Morgan fingerprint density at radius 1 is 1.18 bits per heavy atom. The second-order valence-electron chi connectivity index (χ2n) is 5.31. The van der Waals surface area contributed by atoms with Crippen molar-refractivity contribution in [1.82, 2.24) is 5.32 Å². The van der Waals surface area contributed by atoms with Gasteiger partial charge in [-0.3, -0.25) is 0 Å². The van der Waals surface area contributed by atoms with Crippen LogP contribution in [0.5, 0.6) is 0 Å². The average molecular weight is 343 g/mol. The molecule has 17 heavy (non-hydrogen) atoms. The Balaban J connectivity index is 2.14. The standard InChI is InChI=1S/C15H22IN/c1-11-7-9-12(10-8-11)15(17-2)13-5-3-4-6-14(13)16/h3-6,11-12,15,17H,7-10H2,1-2H3. The van der Waals surface area contributed by atoms with E-state index in [4.69, 9.17) is 0 Å². The molecule has 1 saturated carbocycles. The van der Waals surface area contributed by atoms with E-state index in [1.807, 2.05) is 0 Å². The summed E-state index contributed by atoms with van der Waals surface area (Å²) in [5.41, 5.74) is 1.48. The Labute approximate surface area is 119 Å². The fourth-order valence-electron chi connectivity index (χ4n) is 2.99. The van der Waals surface area contributed by atoms with E-state index in [-0.39, 0.29) is 0 Å². The van der Waals surface area contributed by atoms with Gasteiger partial charge in [-0.2, -0.15) is 0 Å². The van der Waals surface area contributed by atoms with Gasteiger partial charge in [0.05, 0.1) is 0 Å². The lowest BCUT2D eigenvalue weighted by Crippen LogP contribution is -2.28. The smallest absolute Gasteiger partial charge is 0.0356 e. The predicted octanol–water partition coefficient (Wildman–Crippen LogP) is 4.38. The zero-order valence-electron chi connectivity index (χ0n) is 10.7. The van der Waals surface area contributed by atoms with E-state index in [9.17, 15) is 0 Å². The minimum Gasteiger partial charge on any atom is -0.313 e. The Kier molecular flexibility index (Phi) is 4.86. The third-order valence-corrected chi connectivity index (χ3v) is 5.07. The summed E-state index contributed by atoms with van der Waals surface area (Å²) in [6.07, 6.45) is 5.54. The summed E-state index contributed by atoms with van der Waals surface area (Å²) < 4.78 is 1.39. The van der Waals surface area contributed by atoms with Crippen LogP contribution in [0.4, 0.5) is 0 Å². The lowest BCUT2D eigenvalue weighted by Gasteiger charge is -2.33. The van der Waals surface area contributed by atoms with Gasteiger partial charge in [0.15, 0.2) is 0 Å². The van der Waals surface area contributed by atoms with Crippen LogP contribution in [0.1, 0.15) is 44.2 Å². The maximum atomic E-state index is 3.54. The Morgan fingerprint density at radius 3 is 2.41 bits per heavy atom. The first-order chi connectivity index (χ1) is 8.22. The van der Waals surface area contributed by atoms with Crippen LogP contribution in [0.2, 0.25) is 0 Å². The van der Waals surface area contributed by atoms with Crippen molar-refractivity contribution >= 4 is 22.6 Å². The monoisotopic (exact) mass is 343 g/mol. The van der Waals surface area contributed by atoms with Crippen molar-refractivity contribution in [1.29, 1.82) is 0 Å². The summed E-state index contributed by atoms with van der Waals surface area (Å²) in [5.74, 6) is 1.74. The van der Waals surface area contributed by atoms with Crippen molar-refractivity contribution in [3.8, 4) is 0 Å². The average Bonchev–Trinajstić information content (AvgIpc) is 2.35. The van der Waals surface area contributed by atoms with Gasteiger partial charge in [-0.15, -0.1) is 0 Å². The van der Waals surface area contributed by atoms with E-state index >= 15 is 0 Å². The lowest BCUT2D eigenvalue weighted by atomic mass is 9.77. The SMILES string of the molecule is CNC(c1ccccc1I)C1CCC(C)CC1. The van der Waals surface area contributed by atoms with Crippen molar-refractivity contribution in [2.75, 3.05) is 7.05 Å². The summed E-state index contributed by atoms with van der Waals surface area (Å²) >= 11 is 2.46. The molecule has 1 N–H and O–H groups in total. The quantitative estimate of drug-likeness (QED) is 0.804. The van der Waals surface area contributed by atoms with E-state index in [1.165, 1.54) is 34.8 Å². The normalized spacial score (nSPS) is 26.8. The zero-order chi connectivity index (χ0) is 12.3. The van der Waals surface area contributed by atoms with E-state index < -0.39 is 0 Å². The summed E-state index contributed by atoms with van der Waals surface area (Å²) in [4.78, 5) is 0. The fraction of sp³-hybridized carbons (Fsp3) is 0.600.